The van der Waals surface area contributed by atoms with Crippen LogP contribution in [0.25, 0.3) is 0 Å². The van der Waals surface area contributed by atoms with E-state index >= 15 is 0 Å². The lowest BCUT2D eigenvalue weighted by atomic mass is 10.1. The van der Waals surface area contributed by atoms with Gasteiger partial charge in [0.15, 0.2) is 11.6 Å². The zero-order chi connectivity index (χ0) is 21.8. The van der Waals surface area contributed by atoms with Crippen LogP contribution in [0.3, 0.4) is 0 Å². The molecule has 2 heterocycles. The van der Waals surface area contributed by atoms with Crippen molar-refractivity contribution in [2.24, 2.45) is 0 Å². The average molecular weight is 436 g/mol. The highest BCUT2D eigenvalue weighted by Gasteiger charge is 2.14. The highest BCUT2D eigenvalue weighted by molar-refractivity contribution is 6.30. The molecule has 0 aliphatic heterocycles. The molecule has 0 aliphatic carbocycles. The number of anilines is 1. The second-order valence-electron chi connectivity index (χ2n) is 7.31. The minimum Gasteiger partial charge on any atom is -0.485 e. The molecule has 4 rings (SSSR count). The predicted molar refractivity (Wildman–Crippen MR) is 120 cm³/mol. The molecule has 0 saturated heterocycles. The molecular formula is C24H22ClN3O3. The Bertz CT molecular complexity index is 1210. The number of hydrogen-bond acceptors (Lipinski definition) is 4. The van der Waals surface area contributed by atoms with Gasteiger partial charge < -0.3 is 14.5 Å². The Balaban J connectivity index is 1.35. The highest BCUT2D eigenvalue weighted by Crippen LogP contribution is 2.21. The Labute approximate surface area is 185 Å². The Morgan fingerprint density at radius 2 is 2.00 bits per heavy atom. The van der Waals surface area contributed by atoms with Crippen molar-refractivity contribution in [2.45, 2.75) is 27.0 Å². The lowest BCUT2D eigenvalue weighted by Gasteiger charge is -2.08. The van der Waals surface area contributed by atoms with Crippen molar-refractivity contribution < 1.29 is 13.9 Å². The summed E-state index contributed by atoms with van der Waals surface area (Å²) in [6, 6.07) is 18.7. The van der Waals surface area contributed by atoms with E-state index in [1.165, 1.54) is 0 Å². The standard InChI is InChI=1S/C24H22ClN3O3/c1-16-6-7-17(2)22(12-16)30-15-20-8-9-21(31-20)24(29)26-23-10-11-28(27-23)14-18-4-3-5-19(25)13-18/h3-13H,14-15H2,1-2H3,(H,26,27,29). The van der Waals surface area contributed by atoms with Crippen molar-refractivity contribution >= 4 is 23.3 Å². The molecule has 0 bridgehead atoms. The van der Waals surface area contributed by atoms with E-state index in [9.17, 15) is 4.79 Å². The van der Waals surface area contributed by atoms with E-state index in [4.69, 9.17) is 20.8 Å². The molecular weight excluding hydrogens is 414 g/mol. The Hall–Kier alpha value is -3.51. The Morgan fingerprint density at radius 1 is 1.13 bits per heavy atom. The van der Waals surface area contributed by atoms with E-state index in [2.05, 4.69) is 10.4 Å². The van der Waals surface area contributed by atoms with Crippen LogP contribution in [0.4, 0.5) is 5.82 Å². The zero-order valence-electron chi connectivity index (χ0n) is 17.3. The van der Waals surface area contributed by atoms with Crippen LogP contribution < -0.4 is 10.1 Å². The summed E-state index contributed by atoms with van der Waals surface area (Å²) < 4.78 is 13.2. The van der Waals surface area contributed by atoms with Crippen LogP contribution in [0, 0.1) is 13.8 Å². The maximum Gasteiger partial charge on any atom is 0.292 e. The number of aryl methyl sites for hydroxylation is 2. The largest absolute Gasteiger partial charge is 0.485 e. The lowest BCUT2D eigenvalue weighted by Crippen LogP contribution is -2.12. The minimum atomic E-state index is -0.369. The van der Waals surface area contributed by atoms with Gasteiger partial charge in [-0.05, 0) is 60.9 Å². The highest BCUT2D eigenvalue weighted by atomic mass is 35.5. The summed E-state index contributed by atoms with van der Waals surface area (Å²) in [6.07, 6.45) is 1.79. The summed E-state index contributed by atoms with van der Waals surface area (Å²) in [6.45, 7) is 4.79. The molecule has 0 spiro atoms. The normalized spacial score (nSPS) is 10.8. The average Bonchev–Trinajstić information content (AvgIpc) is 3.38. The van der Waals surface area contributed by atoms with Crippen LogP contribution in [0.1, 0.15) is 33.0 Å². The summed E-state index contributed by atoms with van der Waals surface area (Å²) in [7, 11) is 0. The van der Waals surface area contributed by atoms with Gasteiger partial charge in [-0.2, -0.15) is 5.10 Å². The van der Waals surface area contributed by atoms with Gasteiger partial charge in [0, 0.05) is 17.3 Å². The van der Waals surface area contributed by atoms with Crippen LogP contribution >= 0.6 is 11.6 Å². The van der Waals surface area contributed by atoms with Crippen molar-refractivity contribution in [1.29, 1.82) is 0 Å². The molecule has 0 saturated carbocycles. The van der Waals surface area contributed by atoms with Crippen molar-refractivity contribution in [3.05, 3.63) is 100 Å². The van der Waals surface area contributed by atoms with Gasteiger partial charge in [-0.3, -0.25) is 9.48 Å². The molecule has 7 heteroatoms. The van der Waals surface area contributed by atoms with E-state index in [1.54, 1.807) is 29.1 Å². The van der Waals surface area contributed by atoms with Crippen LogP contribution in [0.5, 0.6) is 5.75 Å². The third kappa shape index (κ3) is 5.35. The van der Waals surface area contributed by atoms with Crippen LogP contribution in [-0.4, -0.2) is 15.7 Å². The van der Waals surface area contributed by atoms with Crippen molar-refractivity contribution in [3.63, 3.8) is 0 Å². The SMILES string of the molecule is Cc1ccc(C)c(OCc2ccc(C(=O)Nc3ccn(Cc4cccc(Cl)c4)n3)o2)c1. The van der Waals surface area contributed by atoms with Crippen LogP contribution in [-0.2, 0) is 13.2 Å². The Kier molecular flexibility index (Phi) is 6.09. The van der Waals surface area contributed by atoms with E-state index in [0.29, 0.717) is 23.1 Å². The number of rotatable bonds is 7. The first-order valence-corrected chi connectivity index (χ1v) is 10.2. The number of carbonyl (C=O) groups excluding carboxylic acids is 1. The molecule has 2 aromatic carbocycles. The maximum absolute atomic E-state index is 12.5. The second kappa shape index (κ2) is 9.10. The van der Waals surface area contributed by atoms with Gasteiger partial charge in [-0.1, -0.05) is 35.9 Å². The first-order valence-electron chi connectivity index (χ1n) is 9.84. The number of aromatic nitrogens is 2. The Morgan fingerprint density at radius 3 is 2.84 bits per heavy atom. The number of carbonyl (C=O) groups is 1. The van der Waals surface area contributed by atoms with Crippen molar-refractivity contribution in [1.82, 2.24) is 9.78 Å². The quantitative estimate of drug-likeness (QED) is 0.408. The number of furan rings is 1. The van der Waals surface area contributed by atoms with E-state index in [1.807, 2.05) is 56.3 Å². The van der Waals surface area contributed by atoms with Crippen molar-refractivity contribution in [3.8, 4) is 5.75 Å². The number of nitrogens with zero attached hydrogens (tertiary/aromatic N) is 2. The van der Waals surface area contributed by atoms with Crippen molar-refractivity contribution in [2.75, 3.05) is 5.32 Å². The maximum atomic E-state index is 12.5. The second-order valence-corrected chi connectivity index (χ2v) is 7.74. The molecule has 158 valence electrons. The predicted octanol–water partition coefficient (Wildman–Crippen LogP) is 5.63. The number of benzene rings is 2. The van der Waals surface area contributed by atoms with Gasteiger partial charge in [-0.25, -0.2) is 0 Å². The fourth-order valence-corrected chi connectivity index (χ4v) is 3.32. The molecule has 0 radical (unpaired) electrons. The summed E-state index contributed by atoms with van der Waals surface area (Å²) in [4.78, 5) is 12.5. The molecule has 0 unspecified atom stereocenters. The van der Waals surface area contributed by atoms with Gasteiger partial charge in [-0.15, -0.1) is 0 Å². The van der Waals surface area contributed by atoms with E-state index < -0.39 is 0 Å². The molecule has 2 aromatic heterocycles. The summed E-state index contributed by atoms with van der Waals surface area (Å²) >= 11 is 6.02. The van der Waals surface area contributed by atoms with Gasteiger partial charge in [0.25, 0.3) is 5.91 Å². The van der Waals surface area contributed by atoms with Gasteiger partial charge in [0.05, 0.1) is 6.54 Å². The number of amides is 1. The lowest BCUT2D eigenvalue weighted by molar-refractivity contribution is 0.0992. The molecule has 0 aliphatic rings. The number of hydrogen-bond donors (Lipinski definition) is 1. The molecule has 1 amide bonds. The molecule has 0 atom stereocenters. The van der Waals surface area contributed by atoms with E-state index in [-0.39, 0.29) is 18.3 Å². The third-order valence-corrected chi connectivity index (χ3v) is 4.95. The molecule has 4 aromatic rings. The smallest absolute Gasteiger partial charge is 0.292 e. The number of nitrogens with one attached hydrogen (secondary N) is 1. The van der Waals surface area contributed by atoms with Gasteiger partial charge in [0.2, 0.25) is 0 Å². The first kappa shape index (κ1) is 20.8. The van der Waals surface area contributed by atoms with E-state index in [0.717, 1.165) is 22.4 Å². The summed E-state index contributed by atoms with van der Waals surface area (Å²) in [5, 5.41) is 7.80. The number of halogens is 1. The van der Waals surface area contributed by atoms with Gasteiger partial charge in [0.1, 0.15) is 18.1 Å². The zero-order valence-corrected chi connectivity index (χ0v) is 18.0. The molecule has 0 fully saturated rings. The topological polar surface area (TPSA) is 69.3 Å². The number of ether oxygens (including phenoxy) is 1. The monoisotopic (exact) mass is 435 g/mol. The first-order chi connectivity index (χ1) is 15.0. The third-order valence-electron chi connectivity index (χ3n) is 4.71. The fourth-order valence-electron chi connectivity index (χ4n) is 3.11. The summed E-state index contributed by atoms with van der Waals surface area (Å²) in [5.41, 5.74) is 3.19. The summed E-state index contributed by atoms with van der Waals surface area (Å²) in [5.74, 6) is 1.64. The van der Waals surface area contributed by atoms with Gasteiger partial charge >= 0.3 is 0 Å². The van der Waals surface area contributed by atoms with Crippen LogP contribution in [0.2, 0.25) is 5.02 Å². The molecule has 6 nitrogen and oxygen atoms in total. The van der Waals surface area contributed by atoms with Crippen LogP contribution in [0.15, 0.2) is 71.3 Å². The molecule has 1 N–H and O–H groups in total. The molecule has 31 heavy (non-hydrogen) atoms. The fraction of sp³-hybridized carbons (Fsp3) is 0.167. The minimum absolute atomic E-state index is 0.198.